The number of rotatable bonds is 9. The highest BCUT2D eigenvalue weighted by molar-refractivity contribution is 5.74. The number of carbonyl (C=O) groups is 2. The van der Waals surface area contributed by atoms with Gasteiger partial charge in [-0.2, -0.15) is 0 Å². The van der Waals surface area contributed by atoms with Gasteiger partial charge in [-0.3, -0.25) is 4.79 Å². The second-order valence-corrected chi connectivity index (χ2v) is 5.14. The van der Waals surface area contributed by atoms with Gasteiger partial charge in [-0.25, -0.2) is 4.79 Å². The first-order valence-electron chi connectivity index (χ1n) is 6.79. The second kappa shape index (κ2) is 7.99. The topological polar surface area (TPSA) is 78.9 Å². The molecule has 0 heterocycles. The first kappa shape index (κ1) is 15.8. The molecule has 6 heteroatoms. The van der Waals surface area contributed by atoms with E-state index in [-0.39, 0.29) is 18.4 Å². The summed E-state index contributed by atoms with van der Waals surface area (Å²) < 4.78 is 5.00. The van der Waals surface area contributed by atoms with Gasteiger partial charge in [-0.15, -0.1) is 0 Å². The summed E-state index contributed by atoms with van der Waals surface area (Å²) in [5.74, 6) is -0.624. The minimum atomic E-state index is -0.794. The van der Waals surface area contributed by atoms with Crippen LogP contribution in [0.2, 0.25) is 0 Å². The third-order valence-corrected chi connectivity index (χ3v) is 3.24. The Hall–Kier alpha value is -1.30. The van der Waals surface area contributed by atoms with Crippen LogP contribution in [0.5, 0.6) is 0 Å². The lowest BCUT2D eigenvalue weighted by molar-refractivity contribution is -0.137. The van der Waals surface area contributed by atoms with E-state index in [0.717, 1.165) is 12.8 Å². The number of carbonyl (C=O) groups excluding carboxylic acids is 1. The van der Waals surface area contributed by atoms with E-state index in [1.54, 1.807) is 7.11 Å². The standard InChI is InChI=1S/C13H24N2O4/c1-10(3-6-12(16)17)9-14-13(18)15(7-8-19-2)11-4-5-11/h10-11H,3-9H2,1-2H3,(H,14,18)(H,16,17). The Morgan fingerprint density at radius 1 is 1.47 bits per heavy atom. The maximum Gasteiger partial charge on any atom is 0.317 e. The van der Waals surface area contributed by atoms with Gasteiger partial charge in [0.25, 0.3) is 0 Å². The van der Waals surface area contributed by atoms with Crippen molar-refractivity contribution >= 4 is 12.0 Å². The Labute approximate surface area is 114 Å². The Balaban J connectivity index is 2.25. The van der Waals surface area contributed by atoms with Crippen molar-refractivity contribution in [1.29, 1.82) is 0 Å². The molecule has 0 saturated heterocycles. The number of hydrogen-bond acceptors (Lipinski definition) is 3. The highest BCUT2D eigenvalue weighted by atomic mass is 16.5. The van der Waals surface area contributed by atoms with Crippen molar-refractivity contribution in [3.8, 4) is 0 Å². The van der Waals surface area contributed by atoms with Crippen LogP contribution in [0.4, 0.5) is 4.79 Å². The number of ether oxygens (including phenoxy) is 1. The number of carboxylic acid groups (broad SMARTS) is 1. The molecule has 0 aromatic carbocycles. The largest absolute Gasteiger partial charge is 0.481 e. The monoisotopic (exact) mass is 272 g/mol. The zero-order valence-corrected chi connectivity index (χ0v) is 11.7. The Bertz CT molecular complexity index is 305. The maximum atomic E-state index is 12.0. The number of amides is 2. The van der Waals surface area contributed by atoms with E-state index in [1.807, 2.05) is 11.8 Å². The van der Waals surface area contributed by atoms with E-state index in [1.165, 1.54) is 0 Å². The minimum absolute atomic E-state index is 0.0678. The van der Waals surface area contributed by atoms with E-state index in [9.17, 15) is 9.59 Å². The van der Waals surface area contributed by atoms with Gasteiger partial charge < -0.3 is 20.1 Å². The van der Waals surface area contributed by atoms with Crippen molar-refractivity contribution < 1.29 is 19.4 Å². The summed E-state index contributed by atoms with van der Waals surface area (Å²) >= 11 is 0. The highest BCUT2D eigenvalue weighted by Gasteiger charge is 2.32. The van der Waals surface area contributed by atoms with E-state index in [2.05, 4.69) is 5.32 Å². The molecular formula is C13H24N2O4. The fourth-order valence-electron chi connectivity index (χ4n) is 1.86. The summed E-state index contributed by atoms with van der Waals surface area (Å²) in [6.07, 6.45) is 2.85. The molecule has 1 aliphatic carbocycles. The molecule has 0 radical (unpaired) electrons. The lowest BCUT2D eigenvalue weighted by atomic mass is 10.1. The lowest BCUT2D eigenvalue weighted by Crippen LogP contribution is -2.44. The summed E-state index contributed by atoms with van der Waals surface area (Å²) in [6.45, 7) is 3.61. The molecule has 0 aromatic rings. The molecule has 1 saturated carbocycles. The molecule has 2 amide bonds. The average Bonchev–Trinajstić information content (AvgIpc) is 3.18. The van der Waals surface area contributed by atoms with Gasteiger partial charge in [0.15, 0.2) is 0 Å². The third kappa shape index (κ3) is 6.42. The zero-order valence-electron chi connectivity index (χ0n) is 11.7. The van der Waals surface area contributed by atoms with Crippen LogP contribution in [0.15, 0.2) is 0 Å². The molecule has 1 rings (SSSR count). The number of hydrogen-bond donors (Lipinski definition) is 2. The predicted octanol–water partition coefficient (Wildman–Crippen LogP) is 1.31. The van der Waals surface area contributed by atoms with Crippen LogP contribution in [-0.4, -0.2) is 54.9 Å². The molecule has 19 heavy (non-hydrogen) atoms. The second-order valence-electron chi connectivity index (χ2n) is 5.14. The van der Waals surface area contributed by atoms with Crippen LogP contribution in [0, 0.1) is 5.92 Å². The molecule has 1 aliphatic rings. The summed E-state index contributed by atoms with van der Waals surface area (Å²) in [5.41, 5.74) is 0. The van der Waals surface area contributed by atoms with E-state index >= 15 is 0 Å². The molecule has 1 fully saturated rings. The van der Waals surface area contributed by atoms with Crippen molar-refractivity contribution in [2.24, 2.45) is 5.92 Å². The highest BCUT2D eigenvalue weighted by Crippen LogP contribution is 2.26. The molecule has 6 nitrogen and oxygen atoms in total. The first-order chi connectivity index (χ1) is 9.04. The van der Waals surface area contributed by atoms with E-state index in [4.69, 9.17) is 9.84 Å². The number of carboxylic acids is 1. The Kier molecular flexibility index (Phi) is 6.62. The van der Waals surface area contributed by atoms with Crippen molar-refractivity contribution in [3.63, 3.8) is 0 Å². The molecular weight excluding hydrogens is 248 g/mol. The van der Waals surface area contributed by atoms with Gasteiger partial charge in [-0.1, -0.05) is 6.92 Å². The van der Waals surface area contributed by atoms with Gasteiger partial charge in [0.05, 0.1) is 6.61 Å². The number of aliphatic carboxylic acids is 1. The maximum absolute atomic E-state index is 12.0. The van der Waals surface area contributed by atoms with Gasteiger partial charge in [-0.05, 0) is 25.2 Å². The van der Waals surface area contributed by atoms with Crippen LogP contribution in [0.25, 0.3) is 0 Å². The summed E-state index contributed by atoms with van der Waals surface area (Å²) in [7, 11) is 1.62. The Morgan fingerprint density at radius 2 is 2.16 bits per heavy atom. The van der Waals surface area contributed by atoms with Crippen LogP contribution in [0.1, 0.15) is 32.6 Å². The van der Waals surface area contributed by atoms with Gasteiger partial charge in [0.1, 0.15) is 0 Å². The van der Waals surface area contributed by atoms with Gasteiger partial charge >= 0.3 is 12.0 Å². The smallest absolute Gasteiger partial charge is 0.317 e. The fourth-order valence-corrected chi connectivity index (χ4v) is 1.86. The molecule has 2 N–H and O–H groups in total. The van der Waals surface area contributed by atoms with Gasteiger partial charge in [0, 0.05) is 32.7 Å². The normalized spacial score (nSPS) is 15.9. The number of nitrogens with zero attached hydrogens (tertiary/aromatic N) is 1. The summed E-state index contributed by atoms with van der Waals surface area (Å²) in [5, 5.41) is 11.5. The van der Waals surface area contributed by atoms with Crippen molar-refractivity contribution in [1.82, 2.24) is 10.2 Å². The van der Waals surface area contributed by atoms with Crippen LogP contribution in [-0.2, 0) is 9.53 Å². The third-order valence-electron chi connectivity index (χ3n) is 3.24. The zero-order chi connectivity index (χ0) is 14.3. The lowest BCUT2D eigenvalue weighted by Gasteiger charge is -2.23. The van der Waals surface area contributed by atoms with Crippen molar-refractivity contribution in [2.45, 2.75) is 38.6 Å². The quantitative estimate of drug-likeness (QED) is 0.663. The molecule has 0 aliphatic heterocycles. The number of urea groups is 1. The molecule has 0 aromatic heterocycles. The number of nitrogens with one attached hydrogen (secondary N) is 1. The van der Waals surface area contributed by atoms with E-state index in [0.29, 0.717) is 32.2 Å². The van der Waals surface area contributed by atoms with Crippen molar-refractivity contribution in [2.75, 3.05) is 26.8 Å². The molecule has 110 valence electrons. The molecule has 0 spiro atoms. The van der Waals surface area contributed by atoms with Crippen LogP contribution < -0.4 is 5.32 Å². The predicted molar refractivity (Wildman–Crippen MR) is 71.0 cm³/mol. The summed E-state index contributed by atoms with van der Waals surface area (Å²) in [6, 6.07) is 0.284. The van der Waals surface area contributed by atoms with Crippen LogP contribution >= 0.6 is 0 Å². The van der Waals surface area contributed by atoms with E-state index < -0.39 is 5.97 Å². The SMILES string of the molecule is COCCN(C(=O)NCC(C)CCC(=O)O)C1CC1. The van der Waals surface area contributed by atoms with Gasteiger partial charge in [0.2, 0.25) is 0 Å². The molecule has 1 atom stereocenters. The summed E-state index contributed by atoms with van der Waals surface area (Å²) in [4.78, 5) is 24.3. The molecule has 0 bridgehead atoms. The average molecular weight is 272 g/mol. The van der Waals surface area contributed by atoms with Crippen LogP contribution in [0.3, 0.4) is 0 Å². The fraction of sp³-hybridized carbons (Fsp3) is 0.846. The molecule has 1 unspecified atom stereocenters. The van der Waals surface area contributed by atoms with Crippen molar-refractivity contribution in [3.05, 3.63) is 0 Å². The minimum Gasteiger partial charge on any atom is -0.481 e. The Morgan fingerprint density at radius 3 is 2.68 bits per heavy atom. The number of methoxy groups -OCH3 is 1. The first-order valence-corrected chi connectivity index (χ1v) is 6.79.